The Hall–Kier alpha value is -8.38. The van der Waals surface area contributed by atoms with Crippen LogP contribution in [0.5, 0.6) is 23.0 Å². The van der Waals surface area contributed by atoms with E-state index in [1.165, 1.54) is 11.1 Å². The lowest BCUT2D eigenvalue weighted by Gasteiger charge is -2.22. The van der Waals surface area contributed by atoms with Crippen LogP contribution in [0.3, 0.4) is 0 Å². The number of aliphatic imine (C=N–C) groups is 4. The maximum atomic E-state index is 12.3. The number of alkyl carbamates (subject to hydrolysis) is 4. The van der Waals surface area contributed by atoms with Gasteiger partial charge in [-0.2, -0.15) is 0 Å². The Bertz CT molecular complexity index is 2640. The number of ether oxygens (including phenoxy) is 8. The van der Waals surface area contributed by atoms with Crippen molar-refractivity contribution in [3.05, 3.63) is 119 Å². The average Bonchev–Trinajstić information content (AvgIpc) is 3.25. The third-order valence-corrected chi connectivity index (χ3v) is 11.6. The summed E-state index contributed by atoms with van der Waals surface area (Å²) in [7, 11) is 0. The van der Waals surface area contributed by atoms with E-state index in [1.807, 2.05) is 97.1 Å². The molecule has 0 heterocycles. The minimum atomic E-state index is -0.743. The summed E-state index contributed by atoms with van der Waals surface area (Å²) in [4.78, 5) is 65.9. The van der Waals surface area contributed by atoms with E-state index >= 15 is 0 Å². The van der Waals surface area contributed by atoms with Gasteiger partial charge in [-0.25, -0.2) is 19.2 Å². The molecular formula is C66H102Cl2N12O12. The first-order chi connectivity index (χ1) is 42.4. The van der Waals surface area contributed by atoms with Gasteiger partial charge in [-0.15, -0.1) is 24.8 Å². The molecule has 512 valence electrons. The number of carbonyl (C=O) groups is 4. The van der Waals surface area contributed by atoms with Gasteiger partial charge in [0, 0.05) is 26.2 Å². The van der Waals surface area contributed by atoms with Crippen LogP contribution in [0.1, 0.15) is 144 Å². The number of hydrogen-bond donors (Lipinski definition) is 8. The lowest BCUT2D eigenvalue weighted by Crippen LogP contribution is -2.47. The summed E-state index contributed by atoms with van der Waals surface area (Å²) in [5, 5.41) is 9.94. The van der Waals surface area contributed by atoms with Gasteiger partial charge in [0.2, 0.25) is 11.9 Å². The van der Waals surface area contributed by atoms with Gasteiger partial charge in [0.1, 0.15) is 45.4 Å². The predicted molar refractivity (Wildman–Crippen MR) is 368 cm³/mol. The van der Waals surface area contributed by atoms with E-state index in [9.17, 15) is 19.2 Å². The minimum absolute atomic E-state index is 0. The van der Waals surface area contributed by atoms with Crippen LogP contribution in [0.25, 0.3) is 0 Å². The minimum Gasteiger partial charge on any atom is -0.494 e. The van der Waals surface area contributed by atoms with Gasteiger partial charge in [-0.1, -0.05) is 48.5 Å². The Morgan fingerprint density at radius 3 is 0.707 bits per heavy atom. The average molecular weight is 1330 g/mol. The molecule has 0 atom stereocenters. The number of rotatable bonds is 28. The predicted octanol–water partition coefficient (Wildman–Crippen LogP) is 11.0. The smallest absolute Gasteiger partial charge is 0.414 e. The third kappa shape index (κ3) is 42.6. The molecule has 4 aromatic rings. The number of amides is 4. The Morgan fingerprint density at radius 2 is 0.522 bits per heavy atom. The molecule has 0 aliphatic heterocycles. The molecule has 0 saturated heterocycles. The van der Waals surface area contributed by atoms with E-state index in [1.54, 1.807) is 83.1 Å². The molecule has 0 saturated carbocycles. The zero-order valence-corrected chi connectivity index (χ0v) is 57.4. The largest absolute Gasteiger partial charge is 0.494 e. The van der Waals surface area contributed by atoms with E-state index in [2.05, 4.69) is 41.2 Å². The van der Waals surface area contributed by atoms with Crippen LogP contribution in [0.2, 0.25) is 0 Å². The molecule has 12 N–H and O–H groups in total. The Morgan fingerprint density at radius 1 is 0.326 bits per heavy atom. The van der Waals surface area contributed by atoms with Crippen LogP contribution in [-0.2, 0) is 44.6 Å². The van der Waals surface area contributed by atoms with Crippen molar-refractivity contribution in [2.45, 2.75) is 170 Å². The Balaban J connectivity index is 0.00000108. The number of halogens is 2. The fourth-order valence-electron chi connectivity index (χ4n) is 7.57. The maximum absolute atomic E-state index is 12.3. The second-order valence-corrected chi connectivity index (χ2v) is 24.7. The number of nitrogens with one attached hydrogen (secondary N) is 4. The van der Waals surface area contributed by atoms with Crippen molar-refractivity contribution >= 4 is 73.0 Å². The standard InChI is InChI=1S/C43H66N6O10.C23H34N6O2.2ClH/c1-40(2,3)56-36(50)46-34(47-37(51)57-41(4,5)6)44-26-24-30-16-20-32(21-17-30)54-28-14-13-15-29-55-33-22-18-31(19-23-33)25-27-45-35(48-38(52)58-42(7,8)9)49-39(53)59-43(10,11)12;24-22(25)28-14-12-18-4-8-20(9-5-18)30-16-2-1-3-17-31-21-10-6-19(7-11-21)13-15-29-23(26)27;;/h16-23H,13-15,24-29H2,1-12H3,(H2,44,46,47,50,51)(H2,45,48,49,52,53);4-11H,1-3,12-17H2,(H4,24,25,28)(H4,26,27,29);2*1H. The van der Waals surface area contributed by atoms with Crippen LogP contribution in [-0.4, -0.2) is 123 Å². The summed E-state index contributed by atoms with van der Waals surface area (Å²) in [5.41, 5.74) is 22.8. The number of nitrogens with two attached hydrogens (primary N) is 4. The first-order valence-electron chi connectivity index (χ1n) is 30.4. The summed E-state index contributed by atoms with van der Waals surface area (Å²) in [6, 6.07) is 31.5. The molecule has 0 fully saturated rings. The fourth-order valence-corrected chi connectivity index (χ4v) is 7.57. The Kier molecular flexibility index (Phi) is 37.8. The quantitative estimate of drug-likeness (QED) is 0.0113. The first kappa shape index (κ1) is 81.6. The highest BCUT2D eigenvalue weighted by Crippen LogP contribution is 2.19. The van der Waals surface area contributed by atoms with Gasteiger partial charge in [0.15, 0.2) is 11.9 Å². The van der Waals surface area contributed by atoms with Gasteiger partial charge in [0.25, 0.3) is 0 Å². The fraction of sp³-hybridized carbons (Fsp3) is 0.515. The number of nitrogens with zero attached hydrogens (tertiary/aromatic N) is 4. The van der Waals surface area contributed by atoms with E-state index in [0.717, 1.165) is 85.5 Å². The summed E-state index contributed by atoms with van der Waals surface area (Å²) in [5.74, 6) is 3.39. The molecule has 0 aliphatic carbocycles. The lowest BCUT2D eigenvalue weighted by atomic mass is 10.1. The molecule has 26 heteroatoms. The molecular weight excluding hydrogens is 1220 g/mol. The van der Waals surface area contributed by atoms with Gasteiger partial charge in [0.05, 0.1) is 26.4 Å². The van der Waals surface area contributed by atoms with Crippen molar-refractivity contribution in [1.82, 2.24) is 21.3 Å². The topological polar surface area (TPSA) is 344 Å². The van der Waals surface area contributed by atoms with Crippen LogP contribution in [0.15, 0.2) is 117 Å². The highest BCUT2D eigenvalue weighted by atomic mass is 35.5. The summed E-state index contributed by atoms with van der Waals surface area (Å²) in [6.07, 6.45) is 5.43. The van der Waals surface area contributed by atoms with Gasteiger partial charge >= 0.3 is 24.4 Å². The van der Waals surface area contributed by atoms with Crippen molar-refractivity contribution in [2.75, 3.05) is 52.6 Å². The molecule has 0 spiro atoms. The summed E-state index contributed by atoms with van der Waals surface area (Å²) in [6.45, 7) is 25.1. The Labute approximate surface area is 556 Å². The number of benzene rings is 4. The molecule has 0 bridgehead atoms. The lowest BCUT2D eigenvalue weighted by molar-refractivity contribution is 0.0521. The van der Waals surface area contributed by atoms with Crippen molar-refractivity contribution in [1.29, 1.82) is 0 Å². The van der Waals surface area contributed by atoms with Crippen LogP contribution in [0, 0.1) is 0 Å². The maximum Gasteiger partial charge on any atom is 0.414 e. The highest BCUT2D eigenvalue weighted by Gasteiger charge is 2.23. The van der Waals surface area contributed by atoms with Crippen molar-refractivity contribution in [2.24, 2.45) is 42.9 Å². The van der Waals surface area contributed by atoms with Gasteiger partial charge in [-0.3, -0.25) is 41.2 Å². The molecule has 24 nitrogen and oxygen atoms in total. The zero-order chi connectivity index (χ0) is 66.6. The van der Waals surface area contributed by atoms with Crippen molar-refractivity contribution in [3.63, 3.8) is 0 Å². The normalized spacial score (nSPS) is 10.9. The number of carbonyl (C=O) groups excluding carboxylic acids is 4. The van der Waals surface area contributed by atoms with E-state index in [-0.39, 0.29) is 61.7 Å². The van der Waals surface area contributed by atoms with Gasteiger partial charge < -0.3 is 60.8 Å². The zero-order valence-electron chi connectivity index (χ0n) is 55.8. The molecule has 0 aliphatic rings. The summed E-state index contributed by atoms with van der Waals surface area (Å²) >= 11 is 0. The second-order valence-electron chi connectivity index (χ2n) is 24.7. The van der Waals surface area contributed by atoms with E-state index in [0.29, 0.717) is 52.4 Å². The number of unbranched alkanes of at least 4 members (excludes halogenated alkanes) is 4. The molecule has 0 unspecified atom stereocenters. The SMILES string of the molecule is CC(C)(C)OC(=O)NC(=NCCc1ccc(OCCCCCOc2ccc(CCN=C(NC(=O)OC(C)(C)C)NC(=O)OC(C)(C)C)cc2)cc1)NC(=O)OC(C)(C)C.Cl.Cl.NC(N)=NCCc1ccc(OCCCCCOc2ccc(CCN=C(N)N)cc2)cc1. The molecule has 0 radical (unpaired) electrons. The van der Waals surface area contributed by atoms with Gasteiger partial charge in [-0.05, 0) is 218 Å². The molecule has 92 heavy (non-hydrogen) atoms. The first-order valence-corrected chi connectivity index (χ1v) is 30.4. The second kappa shape index (κ2) is 42.6. The monoisotopic (exact) mass is 1320 g/mol. The van der Waals surface area contributed by atoms with E-state index in [4.69, 9.17) is 60.8 Å². The molecule has 4 rings (SSSR count). The van der Waals surface area contributed by atoms with Crippen molar-refractivity contribution < 1.29 is 57.1 Å². The summed E-state index contributed by atoms with van der Waals surface area (Å²) < 4.78 is 44.6. The van der Waals surface area contributed by atoms with Crippen LogP contribution >= 0.6 is 24.8 Å². The molecule has 0 aromatic heterocycles. The highest BCUT2D eigenvalue weighted by molar-refractivity contribution is 6.02. The third-order valence-electron chi connectivity index (χ3n) is 11.6. The van der Waals surface area contributed by atoms with Crippen LogP contribution in [0.4, 0.5) is 19.2 Å². The number of guanidine groups is 4. The van der Waals surface area contributed by atoms with Crippen molar-refractivity contribution in [3.8, 4) is 23.0 Å². The molecule has 4 amide bonds. The molecule has 4 aromatic carbocycles. The number of hydrogen-bond acceptors (Lipinski definition) is 16. The van der Waals surface area contributed by atoms with Crippen LogP contribution < -0.4 is 63.1 Å². The van der Waals surface area contributed by atoms with E-state index < -0.39 is 46.8 Å².